The highest BCUT2D eigenvalue weighted by Crippen LogP contribution is 2.26. The molecule has 5 atom stereocenters. The number of aliphatic hydroxyl groups excluding tert-OH is 3. The van der Waals surface area contributed by atoms with Crippen LogP contribution < -0.4 is 9.47 Å². The minimum absolute atomic E-state index is 0.477. The van der Waals surface area contributed by atoms with Crippen LogP contribution in [0.15, 0.2) is 24.3 Å². The van der Waals surface area contributed by atoms with Gasteiger partial charge >= 0.3 is 0 Å². The van der Waals surface area contributed by atoms with E-state index in [9.17, 15) is 15.3 Å². The minimum atomic E-state index is -1.31. The van der Waals surface area contributed by atoms with Gasteiger partial charge in [0.2, 0.25) is 6.29 Å². The van der Waals surface area contributed by atoms with Crippen LogP contribution in [-0.4, -0.2) is 57.6 Å². The van der Waals surface area contributed by atoms with Crippen LogP contribution in [0.2, 0.25) is 0 Å². The molecule has 0 aromatic heterocycles. The largest absolute Gasteiger partial charge is 0.497 e. The first kappa shape index (κ1) is 15.8. The molecule has 1 heterocycles. The van der Waals surface area contributed by atoms with Crippen molar-refractivity contribution in [3.05, 3.63) is 24.3 Å². The van der Waals surface area contributed by atoms with Gasteiger partial charge in [-0.15, -0.1) is 0 Å². The molecule has 0 amide bonds. The van der Waals surface area contributed by atoms with Gasteiger partial charge < -0.3 is 29.5 Å². The number of methoxy groups -OCH3 is 1. The van der Waals surface area contributed by atoms with Gasteiger partial charge in [0.1, 0.15) is 29.8 Å². The van der Waals surface area contributed by atoms with E-state index in [2.05, 4.69) is 0 Å². The van der Waals surface area contributed by atoms with Gasteiger partial charge in [-0.1, -0.05) is 22.6 Å². The zero-order chi connectivity index (χ0) is 14.7. The SMILES string of the molecule is COc1ccc(OC2OC(CI)C(O)C(O)C2O)cc1. The predicted molar refractivity (Wildman–Crippen MR) is 79.2 cm³/mol. The Bertz CT molecular complexity index is 423. The van der Waals surface area contributed by atoms with Crippen molar-refractivity contribution in [3.8, 4) is 11.5 Å². The second-order valence-corrected chi connectivity index (χ2v) is 5.34. The van der Waals surface area contributed by atoms with E-state index in [1.807, 2.05) is 22.6 Å². The van der Waals surface area contributed by atoms with Crippen molar-refractivity contribution in [1.82, 2.24) is 0 Å². The standard InChI is InChI=1S/C13H17IO6/c1-18-7-2-4-8(5-3-7)19-13-12(17)11(16)10(15)9(6-14)20-13/h2-5,9-13,15-17H,6H2,1H3. The van der Waals surface area contributed by atoms with E-state index in [4.69, 9.17) is 14.2 Å². The topological polar surface area (TPSA) is 88.4 Å². The summed E-state index contributed by atoms with van der Waals surface area (Å²) in [5, 5.41) is 29.4. The molecule has 1 aliphatic heterocycles. The number of ether oxygens (including phenoxy) is 3. The van der Waals surface area contributed by atoms with Gasteiger partial charge in [0.25, 0.3) is 0 Å². The first-order chi connectivity index (χ1) is 9.56. The molecule has 6 nitrogen and oxygen atoms in total. The van der Waals surface area contributed by atoms with E-state index >= 15 is 0 Å². The summed E-state index contributed by atoms with van der Waals surface area (Å²) in [5.74, 6) is 1.16. The summed E-state index contributed by atoms with van der Waals surface area (Å²) in [6.45, 7) is 0. The highest BCUT2D eigenvalue weighted by Gasteiger charge is 2.44. The molecule has 0 aliphatic carbocycles. The Kier molecular flexibility index (Phi) is 5.44. The van der Waals surface area contributed by atoms with Crippen molar-refractivity contribution < 1.29 is 29.5 Å². The molecular formula is C13H17IO6. The van der Waals surface area contributed by atoms with Crippen LogP contribution in [0.4, 0.5) is 0 Å². The zero-order valence-corrected chi connectivity index (χ0v) is 13.0. The summed E-state index contributed by atoms with van der Waals surface area (Å²) < 4.78 is 16.5. The fraction of sp³-hybridized carbons (Fsp3) is 0.538. The third-order valence-corrected chi connectivity index (χ3v) is 4.00. The first-order valence-electron chi connectivity index (χ1n) is 6.13. The van der Waals surface area contributed by atoms with Crippen molar-refractivity contribution in [2.24, 2.45) is 0 Å². The molecular weight excluding hydrogens is 379 g/mol. The summed E-state index contributed by atoms with van der Waals surface area (Å²) in [6.07, 6.45) is -5.35. The number of rotatable bonds is 4. The normalized spacial score (nSPS) is 33.8. The Morgan fingerprint density at radius 3 is 2.20 bits per heavy atom. The Morgan fingerprint density at radius 1 is 1.05 bits per heavy atom. The smallest absolute Gasteiger partial charge is 0.229 e. The molecule has 0 spiro atoms. The van der Waals surface area contributed by atoms with Gasteiger partial charge in [-0.05, 0) is 24.3 Å². The maximum absolute atomic E-state index is 9.90. The highest BCUT2D eigenvalue weighted by molar-refractivity contribution is 14.1. The molecule has 0 radical (unpaired) electrons. The molecule has 7 heteroatoms. The molecule has 5 unspecified atom stereocenters. The molecule has 0 saturated carbocycles. The average molecular weight is 396 g/mol. The summed E-state index contributed by atoms with van der Waals surface area (Å²) in [5.41, 5.74) is 0. The van der Waals surface area contributed by atoms with Gasteiger partial charge in [-0.2, -0.15) is 0 Å². The molecule has 20 heavy (non-hydrogen) atoms. The van der Waals surface area contributed by atoms with E-state index in [-0.39, 0.29) is 0 Å². The van der Waals surface area contributed by atoms with E-state index in [0.717, 1.165) is 0 Å². The lowest BCUT2D eigenvalue weighted by atomic mass is 10.00. The van der Waals surface area contributed by atoms with Crippen molar-refractivity contribution in [1.29, 1.82) is 0 Å². The van der Waals surface area contributed by atoms with Gasteiger partial charge in [-0.25, -0.2) is 0 Å². The Balaban J connectivity index is 2.06. The lowest BCUT2D eigenvalue weighted by Crippen LogP contribution is -2.59. The number of hydrogen-bond donors (Lipinski definition) is 3. The van der Waals surface area contributed by atoms with Gasteiger partial charge in [0, 0.05) is 4.43 Å². The van der Waals surface area contributed by atoms with Crippen molar-refractivity contribution in [2.75, 3.05) is 11.5 Å². The van der Waals surface area contributed by atoms with Crippen molar-refractivity contribution >= 4 is 22.6 Å². The van der Waals surface area contributed by atoms with Crippen LogP contribution in [0.25, 0.3) is 0 Å². The van der Waals surface area contributed by atoms with E-state index in [0.29, 0.717) is 15.9 Å². The minimum Gasteiger partial charge on any atom is -0.497 e. The summed E-state index contributed by atoms with van der Waals surface area (Å²) in [4.78, 5) is 0. The molecule has 1 saturated heterocycles. The van der Waals surface area contributed by atoms with Crippen LogP contribution in [0.3, 0.4) is 0 Å². The van der Waals surface area contributed by atoms with Gasteiger partial charge in [0.15, 0.2) is 0 Å². The van der Waals surface area contributed by atoms with E-state index < -0.39 is 30.7 Å². The van der Waals surface area contributed by atoms with Crippen molar-refractivity contribution in [3.63, 3.8) is 0 Å². The zero-order valence-electron chi connectivity index (χ0n) is 10.8. The molecule has 1 aromatic rings. The fourth-order valence-corrected chi connectivity index (χ4v) is 2.66. The summed E-state index contributed by atoms with van der Waals surface area (Å²) >= 11 is 2.04. The number of halogens is 1. The second kappa shape index (κ2) is 6.90. The first-order valence-corrected chi connectivity index (χ1v) is 7.65. The maximum Gasteiger partial charge on any atom is 0.229 e. The van der Waals surface area contributed by atoms with Crippen LogP contribution in [0, 0.1) is 0 Å². The number of benzene rings is 1. The maximum atomic E-state index is 9.90. The predicted octanol–water partition coefficient (Wildman–Crippen LogP) is 0.317. The van der Waals surface area contributed by atoms with Crippen molar-refractivity contribution in [2.45, 2.75) is 30.7 Å². The Labute approximate surface area is 130 Å². The number of aliphatic hydroxyl groups is 3. The summed E-state index contributed by atoms with van der Waals surface area (Å²) in [7, 11) is 1.56. The molecule has 1 fully saturated rings. The quantitative estimate of drug-likeness (QED) is 0.502. The van der Waals surface area contributed by atoms with Crippen LogP contribution in [0.1, 0.15) is 0 Å². The monoisotopic (exact) mass is 396 g/mol. The van der Waals surface area contributed by atoms with E-state index in [1.54, 1.807) is 31.4 Å². The Morgan fingerprint density at radius 2 is 1.65 bits per heavy atom. The molecule has 1 aromatic carbocycles. The van der Waals surface area contributed by atoms with Crippen LogP contribution in [-0.2, 0) is 4.74 Å². The molecule has 3 N–H and O–H groups in total. The fourth-order valence-electron chi connectivity index (χ4n) is 1.93. The third-order valence-electron chi connectivity index (χ3n) is 3.13. The lowest BCUT2D eigenvalue weighted by Gasteiger charge is -2.39. The molecule has 1 aliphatic rings. The van der Waals surface area contributed by atoms with Gasteiger partial charge in [-0.3, -0.25) is 0 Å². The number of hydrogen-bond acceptors (Lipinski definition) is 6. The molecule has 0 bridgehead atoms. The second-order valence-electron chi connectivity index (χ2n) is 4.46. The average Bonchev–Trinajstić information content (AvgIpc) is 2.48. The van der Waals surface area contributed by atoms with Crippen LogP contribution >= 0.6 is 22.6 Å². The molecule has 112 valence electrons. The van der Waals surface area contributed by atoms with E-state index in [1.165, 1.54) is 0 Å². The number of alkyl halides is 1. The lowest BCUT2D eigenvalue weighted by molar-refractivity contribution is -0.266. The van der Waals surface area contributed by atoms with Gasteiger partial charge in [0.05, 0.1) is 13.2 Å². The third kappa shape index (κ3) is 3.34. The summed E-state index contributed by atoms with van der Waals surface area (Å²) in [6, 6.07) is 6.77. The van der Waals surface area contributed by atoms with Crippen LogP contribution in [0.5, 0.6) is 11.5 Å². The Hall–Kier alpha value is -0.610. The highest BCUT2D eigenvalue weighted by atomic mass is 127. The molecule has 2 rings (SSSR count).